The third-order valence-corrected chi connectivity index (χ3v) is 2.54. The van der Waals surface area contributed by atoms with E-state index in [0.29, 0.717) is 0 Å². The first-order valence-electron chi connectivity index (χ1n) is 4.73. The van der Waals surface area contributed by atoms with Crippen LogP contribution in [0.1, 0.15) is 17.9 Å². The van der Waals surface area contributed by atoms with Crippen molar-refractivity contribution in [1.82, 2.24) is 5.32 Å². The summed E-state index contributed by atoms with van der Waals surface area (Å²) in [6.45, 7) is 0.778. The van der Waals surface area contributed by atoms with Gasteiger partial charge in [-0.25, -0.2) is 0 Å². The number of benzene rings is 1. The monoisotopic (exact) mass is 191 g/mol. The van der Waals surface area contributed by atoms with Gasteiger partial charge in [0.25, 0.3) is 0 Å². The molecule has 0 aromatic heterocycles. The first kappa shape index (κ1) is 9.06. The molecule has 1 aromatic rings. The predicted octanol–water partition coefficient (Wildman–Crippen LogP) is 1.30. The molecule has 0 radical (unpaired) electrons. The van der Waals surface area contributed by atoms with E-state index in [9.17, 15) is 4.79 Å². The van der Waals surface area contributed by atoms with E-state index in [2.05, 4.69) is 5.32 Å². The lowest BCUT2D eigenvalue weighted by Crippen LogP contribution is -2.17. The van der Waals surface area contributed by atoms with Crippen LogP contribution in [-0.4, -0.2) is 19.6 Å². The van der Waals surface area contributed by atoms with Gasteiger partial charge in [0.2, 0.25) is 5.91 Å². The van der Waals surface area contributed by atoms with E-state index in [4.69, 9.17) is 4.74 Å². The number of nitrogens with one attached hydrogen (secondary N) is 1. The molecular formula is C11H13NO2. The van der Waals surface area contributed by atoms with Gasteiger partial charge >= 0.3 is 0 Å². The highest BCUT2D eigenvalue weighted by Gasteiger charge is 2.25. The molecule has 1 fully saturated rings. The molecule has 1 atom stereocenters. The topological polar surface area (TPSA) is 38.3 Å². The lowest BCUT2D eigenvalue weighted by molar-refractivity contribution is -0.120. The molecule has 0 saturated carbocycles. The zero-order valence-electron chi connectivity index (χ0n) is 8.12. The molecule has 3 heteroatoms. The normalized spacial score (nSPS) is 20.6. The standard InChI is InChI=1S/C11H13NO2/c1-14-9-4-2-3-8(7-9)10-5-6-12-11(10)13/h2-4,7,10H,5-6H2,1H3,(H,12,13)/t10-/m1/s1. The second kappa shape index (κ2) is 3.70. The van der Waals surface area contributed by atoms with Gasteiger partial charge in [-0.1, -0.05) is 12.1 Å². The SMILES string of the molecule is COc1cccc([C@H]2CCNC2=O)c1. The van der Waals surface area contributed by atoms with Gasteiger partial charge in [0.15, 0.2) is 0 Å². The zero-order valence-corrected chi connectivity index (χ0v) is 8.12. The largest absolute Gasteiger partial charge is 0.497 e. The Morgan fingerprint density at radius 3 is 3.00 bits per heavy atom. The van der Waals surface area contributed by atoms with Gasteiger partial charge in [-0.15, -0.1) is 0 Å². The molecular weight excluding hydrogens is 178 g/mol. The number of carbonyl (C=O) groups excluding carboxylic acids is 1. The Morgan fingerprint density at radius 2 is 2.36 bits per heavy atom. The highest BCUT2D eigenvalue weighted by Crippen LogP contribution is 2.26. The maximum atomic E-state index is 11.4. The molecule has 0 aliphatic carbocycles. The summed E-state index contributed by atoms with van der Waals surface area (Å²) < 4.78 is 5.12. The number of amides is 1. The van der Waals surface area contributed by atoms with Crippen molar-refractivity contribution < 1.29 is 9.53 Å². The average Bonchev–Trinajstić information content (AvgIpc) is 2.65. The maximum Gasteiger partial charge on any atom is 0.227 e. The van der Waals surface area contributed by atoms with Crippen LogP contribution in [0.2, 0.25) is 0 Å². The fourth-order valence-electron chi connectivity index (χ4n) is 1.77. The zero-order chi connectivity index (χ0) is 9.97. The van der Waals surface area contributed by atoms with E-state index in [1.54, 1.807) is 7.11 Å². The van der Waals surface area contributed by atoms with Gasteiger partial charge in [0.05, 0.1) is 13.0 Å². The van der Waals surface area contributed by atoms with Crippen molar-refractivity contribution >= 4 is 5.91 Å². The summed E-state index contributed by atoms with van der Waals surface area (Å²) in [6, 6.07) is 7.70. The van der Waals surface area contributed by atoms with Crippen molar-refractivity contribution in [3.05, 3.63) is 29.8 Å². The predicted molar refractivity (Wildman–Crippen MR) is 53.4 cm³/mol. The first-order valence-corrected chi connectivity index (χ1v) is 4.73. The lowest BCUT2D eigenvalue weighted by Gasteiger charge is -2.08. The van der Waals surface area contributed by atoms with E-state index >= 15 is 0 Å². The third-order valence-electron chi connectivity index (χ3n) is 2.54. The lowest BCUT2D eigenvalue weighted by atomic mass is 9.98. The van der Waals surface area contributed by atoms with Crippen LogP contribution in [0.4, 0.5) is 0 Å². The Bertz CT molecular complexity index is 349. The summed E-state index contributed by atoms with van der Waals surface area (Å²) >= 11 is 0. The number of ether oxygens (including phenoxy) is 1. The van der Waals surface area contributed by atoms with E-state index in [1.165, 1.54) is 0 Å². The molecule has 3 nitrogen and oxygen atoms in total. The van der Waals surface area contributed by atoms with Crippen molar-refractivity contribution in [2.75, 3.05) is 13.7 Å². The van der Waals surface area contributed by atoms with Gasteiger partial charge in [-0.2, -0.15) is 0 Å². The van der Waals surface area contributed by atoms with E-state index in [0.717, 1.165) is 24.3 Å². The molecule has 74 valence electrons. The minimum atomic E-state index is 0.00472. The van der Waals surface area contributed by atoms with Crippen molar-refractivity contribution in [3.63, 3.8) is 0 Å². The first-order chi connectivity index (χ1) is 6.81. The molecule has 0 bridgehead atoms. The molecule has 14 heavy (non-hydrogen) atoms. The molecule has 0 unspecified atom stereocenters. The summed E-state index contributed by atoms with van der Waals surface area (Å²) in [7, 11) is 1.63. The van der Waals surface area contributed by atoms with Crippen LogP contribution in [0.15, 0.2) is 24.3 Å². The molecule has 0 spiro atoms. The van der Waals surface area contributed by atoms with Crippen LogP contribution in [-0.2, 0) is 4.79 Å². The highest BCUT2D eigenvalue weighted by atomic mass is 16.5. The third kappa shape index (κ3) is 1.58. The minimum Gasteiger partial charge on any atom is -0.497 e. The quantitative estimate of drug-likeness (QED) is 0.765. The van der Waals surface area contributed by atoms with Crippen molar-refractivity contribution in [2.24, 2.45) is 0 Å². The minimum absolute atomic E-state index is 0.00472. The molecule has 1 aromatic carbocycles. The summed E-state index contributed by atoms with van der Waals surface area (Å²) in [6.07, 6.45) is 0.881. The molecule has 1 aliphatic heterocycles. The smallest absolute Gasteiger partial charge is 0.227 e. The molecule has 1 saturated heterocycles. The number of hydrogen-bond donors (Lipinski definition) is 1. The highest BCUT2D eigenvalue weighted by molar-refractivity contribution is 5.85. The van der Waals surface area contributed by atoms with Gasteiger partial charge < -0.3 is 10.1 Å². The van der Waals surface area contributed by atoms with Gasteiger partial charge in [0, 0.05) is 6.54 Å². The van der Waals surface area contributed by atoms with Gasteiger partial charge in [-0.3, -0.25) is 4.79 Å². The van der Waals surface area contributed by atoms with Crippen molar-refractivity contribution in [3.8, 4) is 5.75 Å². The van der Waals surface area contributed by atoms with Crippen LogP contribution in [0.5, 0.6) is 5.75 Å². The fourth-order valence-corrected chi connectivity index (χ4v) is 1.77. The molecule has 1 N–H and O–H groups in total. The molecule has 1 heterocycles. The summed E-state index contributed by atoms with van der Waals surface area (Å²) in [5.41, 5.74) is 1.04. The fraction of sp³-hybridized carbons (Fsp3) is 0.364. The Morgan fingerprint density at radius 1 is 1.50 bits per heavy atom. The Hall–Kier alpha value is -1.51. The number of rotatable bonds is 2. The summed E-state index contributed by atoms with van der Waals surface area (Å²) in [5.74, 6) is 0.936. The number of hydrogen-bond acceptors (Lipinski definition) is 2. The van der Waals surface area contributed by atoms with Crippen molar-refractivity contribution in [1.29, 1.82) is 0 Å². The Labute approximate surface area is 83.1 Å². The average molecular weight is 191 g/mol. The van der Waals surface area contributed by atoms with Crippen LogP contribution in [0.25, 0.3) is 0 Å². The van der Waals surface area contributed by atoms with E-state index in [-0.39, 0.29) is 11.8 Å². The van der Waals surface area contributed by atoms with Crippen molar-refractivity contribution in [2.45, 2.75) is 12.3 Å². The maximum absolute atomic E-state index is 11.4. The van der Waals surface area contributed by atoms with Gasteiger partial charge in [0.1, 0.15) is 5.75 Å². The van der Waals surface area contributed by atoms with E-state index < -0.39 is 0 Å². The van der Waals surface area contributed by atoms with Crippen LogP contribution >= 0.6 is 0 Å². The summed E-state index contributed by atoms with van der Waals surface area (Å²) in [5, 5.41) is 2.83. The van der Waals surface area contributed by atoms with Crippen LogP contribution in [0.3, 0.4) is 0 Å². The molecule has 1 amide bonds. The van der Waals surface area contributed by atoms with E-state index in [1.807, 2.05) is 24.3 Å². The Balaban J connectivity index is 2.26. The van der Waals surface area contributed by atoms with Crippen LogP contribution in [0, 0.1) is 0 Å². The van der Waals surface area contributed by atoms with Crippen LogP contribution < -0.4 is 10.1 Å². The molecule has 2 rings (SSSR count). The summed E-state index contributed by atoms with van der Waals surface area (Å²) in [4.78, 5) is 11.4. The number of carbonyl (C=O) groups is 1. The van der Waals surface area contributed by atoms with Gasteiger partial charge in [-0.05, 0) is 24.1 Å². The second-order valence-corrected chi connectivity index (χ2v) is 3.41. The second-order valence-electron chi connectivity index (χ2n) is 3.41. The Kier molecular flexibility index (Phi) is 2.39. The number of methoxy groups -OCH3 is 1. The molecule has 1 aliphatic rings.